The van der Waals surface area contributed by atoms with Crippen molar-refractivity contribution < 1.29 is 4.79 Å². The van der Waals surface area contributed by atoms with Crippen LogP contribution in [0, 0.1) is 6.92 Å². The molecule has 5 nitrogen and oxygen atoms in total. The molecule has 2 rings (SSSR count). The number of hydrogen-bond acceptors (Lipinski definition) is 4. The molecule has 1 aliphatic heterocycles. The molecule has 1 saturated heterocycles. The maximum Gasteiger partial charge on any atom is 0.224 e. The fourth-order valence-electron chi connectivity index (χ4n) is 2.26. The molecule has 0 unspecified atom stereocenters. The van der Waals surface area contributed by atoms with E-state index >= 15 is 0 Å². The topological polar surface area (TPSA) is 71.2 Å². The molecule has 0 aliphatic carbocycles. The third kappa shape index (κ3) is 3.84. The van der Waals surface area contributed by atoms with Gasteiger partial charge in [-0.2, -0.15) is 0 Å². The van der Waals surface area contributed by atoms with Crippen molar-refractivity contribution >= 4 is 17.4 Å². The van der Waals surface area contributed by atoms with Gasteiger partial charge in [0, 0.05) is 26.1 Å². The van der Waals surface area contributed by atoms with E-state index in [1.807, 2.05) is 17.9 Å². The summed E-state index contributed by atoms with van der Waals surface area (Å²) in [4.78, 5) is 18.1. The number of carbonyl (C=O) groups is 1. The van der Waals surface area contributed by atoms with Crippen LogP contribution in [0.4, 0.5) is 11.5 Å². The van der Waals surface area contributed by atoms with Crippen molar-refractivity contribution in [2.24, 2.45) is 0 Å². The van der Waals surface area contributed by atoms with E-state index in [0.29, 0.717) is 18.7 Å². The fraction of sp³-hybridized carbons (Fsp3) is 0.571. The van der Waals surface area contributed by atoms with Crippen molar-refractivity contribution in [3.8, 4) is 0 Å². The number of rotatable bonds is 4. The zero-order valence-electron chi connectivity index (χ0n) is 11.5. The lowest BCUT2D eigenvalue weighted by Gasteiger charge is -2.26. The first-order valence-electron chi connectivity index (χ1n) is 6.90. The second-order valence-corrected chi connectivity index (χ2v) is 5.04. The van der Waals surface area contributed by atoms with E-state index in [1.54, 1.807) is 6.20 Å². The summed E-state index contributed by atoms with van der Waals surface area (Å²) < 4.78 is 0. The van der Waals surface area contributed by atoms with Gasteiger partial charge in [0.05, 0.1) is 11.9 Å². The minimum absolute atomic E-state index is 0.236. The molecule has 0 saturated carbocycles. The Bertz CT molecular complexity index is 441. The van der Waals surface area contributed by atoms with Crippen LogP contribution in [0.3, 0.4) is 0 Å². The number of nitrogens with zero attached hydrogens (tertiary/aromatic N) is 2. The molecule has 3 N–H and O–H groups in total. The largest absolute Gasteiger partial charge is 0.397 e. The average molecular weight is 262 g/mol. The predicted molar refractivity (Wildman–Crippen MR) is 76.9 cm³/mol. The van der Waals surface area contributed by atoms with Gasteiger partial charge in [-0.25, -0.2) is 4.98 Å². The first-order valence-corrected chi connectivity index (χ1v) is 6.90. The third-order valence-electron chi connectivity index (χ3n) is 3.51. The van der Waals surface area contributed by atoms with Gasteiger partial charge in [-0.05, 0) is 37.8 Å². The minimum Gasteiger partial charge on any atom is -0.397 e. The molecule has 1 fully saturated rings. The van der Waals surface area contributed by atoms with Crippen molar-refractivity contribution in [3.63, 3.8) is 0 Å². The van der Waals surface area contributed by atoms with Crippen LogP contribution >= 0.6 is 0 Å². The normalized spacial score (nSPS) is 15.3. The number of amides is 1. The number of nitrogens with one attached hydrogen (secondary N) is 1. The monoisotopic (exact) mass is 262 g/mol. The number of likely N-dealkylation sites (tertiary alicyclic amines) is 1. The molecule has 104 valence electrons. The molecule has 19 heavy (non-hydrogen) atoms. The molecule has 1 aromatic rings. The predicted octanol–water partition coefficient (Wildman–Crippen LogP) is 1.79. The van der Waals surface area contributed by atoms with Gasteiger partial charge in [0.2, 0.25) is 5.91 Å². The maximum absolute atomic E-state index is 12.0. The Morgan fingerprint density at radius 3 is 2.84 bits per heavy atom. The number of aryl methyl sites for hydroxylation is 1. The number of anilines is 2. The molecular weight excluding hydrogens is 240 g/mol. The second-order valence-electron chi connectivity index (χ2n) is 5.04. The van der Waals surface area contributed by atoms with Crippen LogP contribution in [0.2, 0.25) is 0 Å². The summed E-state index contributed by atoms with van der Waals surface area (Å²) in [6.45, 7) is 4.39. The van der Waals surface area contributed by atoms with Crippen molar-refractivity contribution in [3.05, 3.63) is 17.8 Å². The highest BCUT2D eigenvalue weighted by Crippen LogP contribution is 2.13. The molecule has 0 aromatic carbocycles. The van der Waals surface area contributed by atoms with Crippen molar-refractivity contribution in [1.29, 1.82) is 0 Å². The van der Waals surface area contributed by atoms with Crippen molar-refractivity contribution in [1.82, 2.24) is 9.88 Å². The highest BCUT2D eigenvalue weighted by atomic mass is 16.2. The van der Waals surface area contributed by atoms with Crippen LogP contribution < -0.4 is 11.1 Å². The van der Waals surface area contributed by atoms with E-state index in [-0.39, 0.29) is 5.91 Å². The van der Waals surface area contributed by atoms with Crippen LogP contribution in [-0.4, -0.2) is 35.4 Å². The van der Waals surface area contributed by atoms with Crippen LogP contribution in [0.5, 0.6) is 0 Å². The molecule has 0 spiro atoms. The van der Waals surface area contributed by atoms with Gasteiger partial charge in [0.25, 0.3) is 0 Å². The standard InChI is InChI=1S/C14H22N4O/c1-11-9-13(17-10-12(11)15)16-6-5-14(19)18-7-3-2-4-8-18/h9-10H,2-8,15H2,1H3,(H,16,17). The number of carbonyl (C=O) groups excluding carboxylic acids is 1. The first-order chi connectivity index (χ1) is 9.16. The van der Waals surface area contributed by atoms with E-state index in [4.69, 9.17) is 5.73 Å². The lowest BCUT2D eigenvalue weighted by atomic mass is 10.1. The van der Waals surface area contributed by atoms with Crippen LogP contribution in [0.25, 0.3) is 0 Å². The summed E-state index contributed by atoms with van der Waals surface area (Å²) in [5, 5.41) is 3.17. The first kappa shape index (κ1) is 13.6. The SMILES string of the molecule is Cc1cc(NCCC(=O)N2CCCCC2)ncc1N. The van der Waals surface area contributed by atoms with Crippen LogP contribution in [-0.2, 0) is 4.79 Å². The third-order valence-corrected chi connectivity index (χ3v) is 3.51. The van der Waals surface area contributed by atoms with E-state index in [9.17, 15) is 4.79 Å². The number of nitrogens with two attached hydrogens (primary N) is 1. The van der Waals surface area contributed by atoms with Crippen molar-refractivity contribution in [2.45, 2.75) is 32.6 Å². The number of hydrogen-bond donors (Lipinski definition) is 2. The Balaban J connectivity index is 1.76. The molecule has 1 amide bonds. The summed E-state index contributed by atoms with van der Waals surface area (Å²) in [6, 6.07) is 1.90. The summed E-state index contributed by atoms with van der Waals surface area (Å²) >= 11 is 0. The summed E-state index contributed by atoms with van der Waals surface area (Å²) in [7, 11) is 0. The second kappa shape index (κ2) is 6.41. The Labute approximate surface area is 114 Å². The van der Waals surface area contributed by atoms with Crippen LogP contribution in [0.15, 0.2) is 12.3 Å². The molecule has 0 atom stereocenters. The molecule has 1 aromatic heterocycles. The average Bonchev–Trinajstić information content (AvgIpc) is 2.43. The zero-order chi connectivity index (χ0) is 13.7. The van der Waals surface area contributed by atoms with E-state index in [1.165, 1.54) is 6.42 Å². The minimum atomic E-state index is 0.236. The number of pyridine rings is 1. The van der Waals surface area contributed by atoms with Gasteiger partial charge < -0.3 is 16.0 Å². The van der Waals surface area contributed by atoms with Crippen molar-refractivity contribution in [2.75, 3.05) is 30.7 Å². The molecule has 0 radical (unpaired) electrons. The smallest absolute Gasteiger partial charge is 0.224 e. The Hall–Kier alpha value is -1.78. The number of piperidine rings is 1. The molecule has 2 heterocycles. The Morgan fingerprint density at radius 2 is 2.16 bits per heavy atom. The zero-order valence-corrected chi connectivity index (χ0v) is 11.5. The molecule has 5 heteroatoms. The molecule has 1 aliphatic rings. The highest BCUT2D eigenvalue weighted by molar-refractivity contribution is 5.76. The molecule has 0 bridgehead atoms. The number of aromatic nitrogens is 1. The lowest BCUT2D eigenvalue weighted by molar-refractivity contribution is -0.131. The van der Waals surface area contributed by atoms with Gasteiger partial charge in [-0.3, -0.25) is 4.79 Å². The van der Waals surface area contributed by atoms with E-state index in [0.717, 1.165) is 37.3 Å². The quantitative estimate of drug-likeness (QED) is 0.867. The van der Waals surface area contributed by atoms with Crippen LogP contribution in [0.1, 0.15) is 31.2 Å². The van der Waals surface area contributed by atoms with E-state index < -0.39 is 0 Å². The van der Waals surface area contributed by atoms with Gasteiger partial charge in [0.1, 0.15) is 5.82 Å². The van der Waals surface area contributed by atoms with E-state index in [2.05, 4.69) is 10.3 Å². The lowest BCUT2D eigenvalue weighted by Crippen LogP contribution is -2.36. The summed E-state index contributed by atoms with van der Waals surface area (Å²) in [5.41, 5.74) is 7.40. The van der Waals surface area contributed by atoms with Gasteiger partial charge in [0.15, 0.2) is 0 Å². The molecular formula is C14H22N4O. The highest BCUT2D eigenvalue weighted by Gasteiger charge is 2.15. The van der Waals surface area contributed by atoms with Gasteiger partial charge in [-0.1, -0.05) is 0 Å². The Morgan fingerprint density at radius 1 is 1.42 bits per heavy atom. The number of nitrogen functional groups attached to an aromatic ring is 1. The van der Waals surface area contributed by atoms with Gasteiger partial charge in [-0.15, -0.1) is 0 Å². The Kier molecular flexibility index (Phi) is 4.60. The maximum atomic E-state index is 12.0. The van der Waals surface area contributed by atoms with Gasteiger partial charge >= 0.3 is 0 Å². The summed E-state index contributed by atoms with van der Waals surface area (Å²) in [5.74, 6) is 1.01. The fourth-order valence-corrected chi connectivity index (χ4v) is 2.26. The summed E-state index contributed by atoms with van der Waals surface area (Å²) in [6.07, 6.45) is 5.68.